The van der Waals surface area contributed by atoms with E-state index in [0.29, 0.717) is 27.9 Å². The van der Waals surface area contributed by atoms with Crippen molar-refractivity contribution in [2.45, 2.75) is 19.4 Å². The van der Waals surface area contributed by atoms with Gasteiger partial charge in [0.05, 0.1) is 10.6 Å². The summed E-state index contributed by atoms with van der Waals surface area (Å²) in [6, 6.07) is 4.81. The highest BCUT2D eigenvalue weighted by Gasteiger charge is 2.13. The molecule has 0 aromatic heterocycles. The lowest BCUT2D eigenvalue weighted by Crippen LogP contribution is -2.32. The minimum atomic E-state index is -0.231. The molecule has 5 heteroatoms. The molecule has 1 aromatic carbocycles. The average Bonchev–Trinajstić information content (AvgIpc) is 2.21. The van der Waals surface area contributed by atoms with Gasteiger partial charge >= 0.3 is 0 Å². The Labute approximate surface area is 110 Å². The molecule has 88 valence electrons. The topological polar surface area (TPSA) is 29.1 Å². The van der Waals surface area contributed by atoms with Crippen LogP contribution in [0, 0.1) is 0 Å². The first-order valence-electron chi connectivity index (χ1n) is 4.86. The lowest BCUT2D eigenvalue weighted by Gasteiger charge is -2.13. The third kappa shape index (κ3) is 3.85. The number of amides is 1. The normalized spacial score (nSPS) is 12.2. The molecular weight excluding hydrogens is 268 g/mol. The zero-order chi connectivity index (χ0) is 12.1. The molecule has 0 aliphatic rings. The van der Waals surface area contributed by atoms with Crippen molar-refractivity contribution < 1.29 is 4.79 Å². The van der Waals surface area contributed by atoms with Gasteiger partial charge in [0.15, 0.2) is 0 Å². The fourth-order valence-corrected chi connectivity index (χ4v) is 1.91. The zero-order valence-electron chi connectivity index (χ0n) is 8.77. The number of alkyl halides is 1. The van der Waals surface area contributed by atoms with E-state index in [1.165, 1.54) is 0 Å². The minimum absolute atomic E-state index is 0.0139. The molecule has 1 aromatic rings. The van der Waals surface area contributed by atoms with E-state index in [1.807, 2.05) is 6.92 Å². The van der Waals surface area contributed by atoms with Gasteiger partial charge in [-0.3, -0.25) is 4.79 Å². The molecule has 0 heterocycles. The number of carbonyl (C=O) groups excluding carboxylic acids is 1. The Balaban J connectivity index is 2.76. The molecule has 1 amide bonds. The van der Waals surface area contributed by atoms with Crippen molar-refractivity contribution in [2.75, 3.05) is 5.88 Å². The van der Waals surface area contributed by atoms with Crippen molar-refractivity contribution in [2.24, 2.45) is 0 Å². The first-order chi connectivity index (χ1) is 7.54. The maximum absolute atomic E-state index is 11.8. The zero-order valence-corrected chi connectivity index (χ0v) is 11.0. The van der Waals surface area contributed by atoms with Gasteiger partial charge < -0.3 is 5.32 Å². The third-order valence-corrected chi connectivity index (χ3v) is 2.88. The second-order valence-electron chi connectivity index (χ2n) is 3.48. The maximum atomic E-state index is 11.8. The number of benzene rings is 1. The molecule has 2 nitrogen and oxygen atoms in total. The van der Waals surface area contributed by atoms with E-state index in [1.54, 1.807) is 18.2 Å². The van der Waals surface area contributed by atoms with Crippen LogP contribution in [0.3, 0.4) is 0 Å². The van der Waals surface area contributed by atoms with Crippen molar-refractivity contribution in [3.8, 4) is 0 Å². The molecule has 0 aliphatic heterocycles. The summed E-state index contributed by atoms with van der Waals surface area (Å²) in [5.74, 6) is 0.273. The minimum Gasteiger partial charge on any atom is -0.349 e. The second kappa shape index (κ2) is 6.33. The highest BCUT2D eigenvalue weighted by molar-refractivity contribution is 6.35. The molecular formula is C11H12Cl3NO. The Hall–Kier alpha value is -0.440. The van der Waals surface area contributed by atoms with Crippen LogP contribution in [0.15, 0.2) is 18.2 Å². The number of halogens is 3. The van der Waals surface area contributed by atoms with Crippen molar-refractivity contribution in [3.63, 3.8) is 0 Å². The molecule has 0 saturated carbocycles. The number of carbonyl (C=O) groups is 1. The van der Waals surface area contributed by atoms with E-state index in [9.17, 15) is 4.79 Å². The summed E-state index contributed by atoms with van der Waals surface area (Å²) >= 11 is 17.3. The van der Waals surface area contributed by atoms with E-state index < -0.39 is 0 Å². The number of nitrogens with one attached hydrogen (secondary N) is 1. The van der Waals surface area contributed by atoms with Crippen molar-refractivity contribution in [1.82, 2.24) is 5.32 Å². The molecule has 1 unspecified atom stereocenters. The number of hydrogen-bond donors (Lipinski definition) is 1. The van der Waals surface area contributed by atoms with Gasteiger partial charge in [-0.2, -0.15) is 0 Å². The maximum Gasteiger partial charge on any atom is 0.253 e. The molecule has 1 N–H and O–H groups in total. The van der Waals surface area contributed by atoms with Crippen LogP contribution < -0.4 is 5.32 Å². The quantitative estimate of drug-likeness (QED) is 0.836. The molecule has 0 saturated heterocycles. The van der Waals surface area contributed by atoms with Crippen LogP contribution in [-0.4, -0.2) is 17.8 Å². The van der Waals surface area contributed by atoms with Crippen molar-refractivity contribution in [1.29, 1.82) is 0 Å². The van der Waals surface area contributed by atoms with Gasteiger partial charge in [0, 0.05) is 16.9 Å². The average molecular weight is 281 g/mol. The predicted octanol–water partition coefficient (Wildman–Crippen LogP) is 3.74. The first-order valence-corrected chi connectivity index (χ1v) is 6.15. The van der Waals surface area contributed by atoms with Crippen LogP contribution in [0.4, 0.5) is 0 Å². The van der Waals surface area contributed by atoms with Gasteiger partial charge in [0.2, 0.25) is 0 Å². The monoisotopic (exact) mass is 279 g/mol. The summed E-state index contributed by atoms with van der Waals surface area (Å²) < 4.78 is 0. The third-order valence-electron chi connectivity index (χ3n) is 2.09. The summed E-state index contributed by atoms with van der Waals surface area (Å²) in [4.78, 5) is 11.8. The van der Waals surface area contributed by atoms with Crippen LogP contribution in [0.25, 0.3) is 0 Å². The Morgan fingerprint density at radius 3 is 2.75 bits per heavy atom. The van der Waals surface area contributed by atoms with Gasteiger partial charge in [0.25, 0.3) is 5.91 Å². The molecule has 1 rings (SSSR count). The molecule has 0 fully saturated rings. The summed E-state index contributed by atoms with van der Waals surface area (Å²) in [6.45, 7) is 1.89. The van der Waals surface area contributed by atoms with Gasteiger partial charge in [-0.15, -0.1) is 11.6 Å². The van der Waals surface area contributed by atoms with Crippen LogP contribution >= 0.6 is 34.8 Å². The molecule has 0 bridgehead atoms. The van der Waals surface area contributed by atoms with Crippen molar-refractivity contribution >= 4 is 40.7 Å². The Bertz CT molecular complexity index is 381. The van der Waals surface area contributed by atoms with Crippen LogP contribution in [0.1, 0.15) is 23.7 Å². The van der Waals surface area contributed by atoms with Gasteiger partial charge in [-0.05, 0) is 31.5 Å². The fourth-order valence-electron chi connectivity index (χ4n) is 1.21. The first kappa shape index (κ1) is 13.6. The van der Waals surface area contributed by atoms with E-state index in [-0.39, 0.29) is 11.9 Å². The predicted molar refractivity (Wildman–Crippen MR) is 68.7 cm³/mol. The highest BCUT2D eigenvalue weighted by atomic mass is 35.5. The molecule has 16 heavy (non-hydrogen) atoms. The van der Waals surface area contributed by atoms with E-state index >= 15 is 0 Å². The number of rotatable bonds is 4. The smallest absolute Gasteiger partial charge is 0.253 e. The standard InChI is InChI=1S/C11H12Cl3NO/c1-7(4-5-12)15-11(16)9-6-8(13)2-3-10(9)14/h2-3,6-7H,4-5H2,1H3,(H,15,16). The number of hydrogen-bond acceptors (Lipinski definition) is 1. The summed E-state index contributed by atoms with van der Waals surface area (Å²) in [7, 11) is 0. The SMILES string of the molecule is CC(CCCl)NC(=O)c1cc(Cl)ccc1Cl. The summed E-state index contributed by atoms with van der Waals surface area (Å²) in [6.07, 6.45) is 0.714. The van der Waals surface area contributed by atoms with Gasteiger partial charge in [-0.1, -0.05) is 23.2 Å². The Morgan fingerprint density at radius 1 is 1.44 bits per heavy atom. The molecule has 0 radical (unpaired) electrons. The lowest BCUT2D eigenvalue weighted by atomic mass is 10.2. The largest absolute Gasteiger partial charge is 0.349 e. The molecule has 0 spiro atoms. The van der Waals surface area contributed by atoms with Gasteiger partial charge in [0.1, 0.15) is 0 Å². The summed E-state index contributed by atoms with van der Waals surface area (Å²) in [5.41, 5.74) is 0.385. The Kier molecular flexibility index (Phi) is 5.39. The Morgan fingerprint density at radius 2 is 2.12 bits per heavy atom. The van der Waals surface area contributed by atoms with E-state index in [4.69, 9.17) is 34.8 Å². The van der Waals surface area contributed by atoms with Crippen LogP contribution in [0.2, 0.25) is 10.0 Å². The molecule has 0 aliphatic carbocycles. The summed E-state index contributed by atoms with van der Waals surface area (Å²) in [5, 5.41) is 3.67. The van der Waals surface area contributed by atoms with E-state index in [2.05, 4.69) is 5.32 Å². The lowest BCUT2D eigenvalue weighted by molar-refractivity contribution is 0.0939. The molecule has 1 atom stereocenters. The second-order valence-corrected chi connectivity index (χ2v) is 4.70. The van der Waals surface area contributed by atoms with Gasteiger partial charge in [-0.25, -0.2) is 0 Å². The van der Waals surface area contributed by atoms with Crippen LogP contribution in [0.5, 0.6) is 0 Å². The van der Waals surface area contributed by atoms with E-state index in [0.717, 1.165) is 0 Å². The fraction of sp³-hybridized carbons (Fsp3) is 0.364. The highest BCUT2D eigenvalue weighted by Crippen LogP contribution is 2.20. The van der Waals surface area contributed by atoms with Crippen molar-refractivity contribution in [3.05, 3.63) is 33.8 Å². The van der Waals surface area contributed by atoms with Crippen LogP contribution in [-0.2, 0) is 0 Å².